The van der Waals surface area contributed by atoms with Crippen LogP contribution in [0.3, 0.4) is 0 Å². The molecule has 0 aliphatic heterocycles. The highest BCUT2D eigenvalue weighted by Gasteiger charge is 2.30. The van der Waals surface area contributed by atoms with Crippen LogP contribution >= 0.6 is 23.1 Å². The molecule has 0 saturated heterocycles. The predicted molar refractivity (Wildman–Crippen MR) is 112 cm³/mol. The Morgan fingerprint density at radius 1 is 1.46 bits per heavy atom. The molecule has 146 valence electrons. The van der Waals surface area contributed by atoms with E-state index >= 15 is 0 Å². The second kappa shape index (κ2) is 8.10. The number of nitrogens with zero attached hydrogens (tertiary/aromatic N) is 4. The maximum atomic E-state index is 12.5. The quantitative estimate of drug-likeness (QED) is 0.545. The molecule has 1 unspecified atom stereocenters. The zero-order valence-corrected chi connectivity index (χ0v) is 17.5. The number of fused-ring (bicyclic) bond motifs is 1. The summed E-state index contributed by atoms with van der Waals surface area (Å²) in [5.41, 5.74) is 1.78. The number of aromatic nitrogens is 3. The summed E-state index contributed by atoms with van der Waals surface area (Å²) in [5.74, 6) is 2.25. The molecule has 28 heavy (non-hydrogen) atoms. The molecule has 2 aliphatic carbocycles. The smallest absolute Gasteiger partial charge is 0.235 e. The Bertz CT molecular complexity index is 951. The Hall–Kier alpha value is -2.11. The van der Waals surface area contributed by atoms with Gasteiger partial charge in [-0.1, -0.05) is 24.8 Å². The van der Waals surface area contributed by atoms with Gasteiger partial charge in [0.25, 0.3) is 0 Å². The van der Waals surface area contributed by atoms with Crippen LogP contribution in [0.25, 0.3) is 0 Å². The van der Waals surface area contributed by atoms with Crippen molar-refractivity contribution in [3.63, 3.8) is 0 Å². The van der Waals surface area contributed by atoms with Crippen molar-refractivity contribution < 1.29 is 4.79 Å². The fourth-order valence-electron chi connectivity index (χ4n) is 3.60. The van der Waals surface area contributed by atoms with Gasteiger partial charge < -0.3 is 9.88 Å². The lowest BCUT2D eigenvalue weighted by Gasteiger charge is -2.17. The van der Waals surface area contributed by atoms with Crippen molar-refractivity contribution in [2.45, 2.75) is 56.6 Å². The van der Waals surface area contributed by atoms with Crippen LogP contribution in [-0.2, 0) is 24.2 Å². The third-order valence-corrected chi connectivity index (χ3v) is 7.34. The summed E-state index contributed by atoms with van der Waals surface area (Å²) < 4.78 is 2.05. The number of hydrogen-bond donors (Lipinski definition) is 1. The van der Waals surface area contributed by atoms with Gasteiger partial charge in [-0.15, -0.1) is 28.1 Å². The third-order valence-electron chi connectivity index (χ3n) is 5.21. The van der Waals surface area contributed by atoms with Gasteiger partial charge in [0, 0.05) is 17.3 Å². The molecular formula is C20H23N5OS2. The summed E-state index contributed by atoms with van der Waals surface area (Å²) in [5, 5.41) is 22.5. The zero-order valence-electron chi connectivity index (χ0n) is 15.9. The van der Waals surface area contributed by atoms with Crippen molar-refractivity contribution in [2.75, 3.05) is 11.1 Å². The van der Waals surface area contributed by atoms with Gasteiger partial charge in [0.05, 0.1) is 11.3 Å². The molecule has 1 saturated carbocycles. The Morgan fingerprint density at radius 2 is 2.29 bits per heavy atom. The molecule has 2 heterocycles. The molecule has 1 N–H and O–H groups in total. The van der Waals surface area contributed by atoms with E-state index in [0.717, 1.165) is 48.6 Å². The summed E-state index contributed by atoms with van der Waals surface area (Å²) in [6, 6.07) is 2.30. The summed E-state index contributed by atoms with van der Waals surface area (Å²) in [6.45, 7) is 6.70. The minimum atomic E-state index is -0.116. The first kappa shape index (κ1) is 19.2. The Kier molecular flexibility index (Phi) is 5.56. The molecule has 2 aromatic heterocycles. The molecule has 6 nitrogen and oxygen atoms in total. The Morgan fingerprint density at radius 3 is 3.00 bits per heavy atom. The number of hydrogen-bond acceptors (Lipinski definition) is 6. The second-order valence-electron chi connectivity index (χ2n) is 7.52. The van der Waals surface area contributed by atoms with Gasteiger partial charge in [-0.25, -0.2) is 0 Å². The number of thiophene rings is 1. The van der Waals surface area contributed by atoms with Crippen molar-refractivity contribution >= 4 is 34.0 Å². The Labute approximate surface area is 173 Å². The molecule has 0 aromatic carbocycles. The molecule has 0 bridgehead atoms. The molecule has 0 radical (unpaired) electrons. The molecule has 4 rings (SSSR count). The van der Waals surface area contributed by atoms with E-state index < -0.39 is 0 Å². The van der Waals surface area contributed by atoms with Crippen LogP contribution in [-0.4, -0.2) is 26.4 Å². The maximum absolute atomic E-state index is 12.5. The summed E-state index contributed by atoms with van der Waals surface area (Å²) in [6.07, 6.45) is 7.15. The van der Waals surface area contributed by atoms with Gasteiger partial charge in [-0.05, 0) is 43.6 Å². The molecule has 2 aromatic rings. The number of carbonyl (C=O) groups is 1. The topological polar surface area (TPSA) is 83.6 Å². The van der Waals surface area contributed by atoms with Crippen LogP contribution in [0.4, 0.5) is 5.00 Å². The normalized spacial score (nSPS) is 18.4. The number of nitriles is 1. The lowest BCUT2D eigenvalue weighted by Crippen LogP contribution is -2.15. The number of thioether (sulfide) groups is 1. The highest BCUT2D eigenvalue weighted by molar-refractivity contribution is 7.99. The van der Waals surface area contributed by atoms with E-state index in [1.165, 1.54) is 16.6 Å². The summed E-state index contributed by atoms with van der Waals surface area (Å²) >= 11 is 2.94. The molecule has 1 fully saturated rings. The Balaban J connectivity index is 1.43. The van der Waals surface area contributed by atoms with E-state index in [9.17, 15) is 10.1 Å². The van der Waals surface area contributed by atoms with Crippen LogP contribution < -0.4 is 5.32 Å². The van der Waals surface area contributed by atoms with E-state index in [2.05, 4.69) is 39.7 Å². The predicted octanol–water partition coefficient (Wildman–Crippen LogP) is 4.13. The van der Waals surface area contributed by atoms with Crippen LogP contribution in [0.15, 0.2) is 17.8 Å². The molecule has 1 atom stereocenters. The average Bonchev–Trinajstić information content (AvgIpc) is 3.35. The van der Waals surface area contributed by atoms with E-state index in [-0.39, 0.29) is 11.7 Å². The van der Waals surface area contributed by atoms with Gasteiger partial charge in [0.15, 0.2) is 5.16 Å². The van der Waals surface area contributed by atoms with Crippen molar-refractivity contribution in [2.24, 2.45) is 5.92 Å². The number of carbonyl (C=O) groups excluding carboxylic acids is 1. The van der Waals surface area contributed by atoms with Crippen LogP contribution in [0.2, 0.25) is 0 Å². The standard InChI is InChI=1S/C20H23N5OS2/c1-3-8-25-18(13-5-6-13)23-24-20(25)27-11-17(26)22-19-15(10-21)14-7-4-12(2)9-16(14)28-19/h3,12-13H,1,4-9,11H2,2H3,(H,22,26). The highest BCUT2D eigenvalue weighted by Crippen LogP contribution is 2.41. The van der Waals surface area contributed by atoms with Crippen molar-refractivity contribution in [1.82, 2.24) is 14.8 Å². The number of nitrogens with one attached hydrogen (secondary N) is 1. The van der Waals surface area contributed by atoms with Gasteiger partial charge in [-0.2, -0.15) is 5.26 Å². The first-order valence-electron chi connectivity index (χ1n) is 9.62. The fraction of sp³-hybridized carbons (Fsp3) is 0.500. The minimum Gasteiger partial charge on any atom is -0.316 e. The van der Waals surface area contributed by atoms with Gasteiger partial charge >= 0.3 is 0 Å². The number of anilines is 1. The maximum Gasteiger partial charge on any atom is 0.235 e. The first-order valence-corrected chi connectivity index (χ1v) is 11.4. The molecule has 2 aliphatic rings. The molecule has 8 heteroatoms. The lowest BCUT2D eigenvalue weighted by molar-refractivity contribution is -0.113. The molecule has 1 amide bonds. The average molecular weight is 414 g/mol. The van der Waals surface area contributed by atoms with Crippen molar-refractivity contribution in [1.29, 1.82) is 5.26 Å². The number of allylic oxidation sites excluding steroid dienone is 1. The van der Waals surface area contributed by atoms with E-state index in [1.807, 2.05) is 6.08 Å². The lowest BCUT2D eigenvalue weighted by atomic mass is 9.89. The fourth-order valence-corrected chi connectivity index (χ4v) is 5.73. The third kappa shape index (κ3) is 3.87. The monoisotopic (exact) mass is 413 g/mol. The summed E-state index contributed by atoms with van der Waals surface area (Å²) in [4.78, 5) is 13.8. The van der Waals surface area contributed by atoms with Gasteiger partial charge in [-0.3, -0.25) is 4.79 Å². The molecular weight excluding hydrogens is 390 g/mol. The van der Waals surface area contributed by atoms with E-state index in [4.69, 9.17) is 0 Å². The number of rotatable bonds is 7. The zero-order chi connectivity index (χ0) is 19.7. The first-order chi connectivity index (χ1) is 13.6. The van der Waals surface area contributed by atoms with Gasteiger partial charge in [0.1, 0.15) is 16.9 Å². The van der Waals surface area contributed by atoms with E-state index in [1.54, 1.807) is 11.3 Å². The van der Waals surface area contributed by atoms with Crippen molar-refractivity contribution in [3.8, 4) is 6.07 Å². The van der Waals surface area contributed by atoms with Gasteiger partial charge in [0.2, 0.25) is 5.91 Å². The minimum absolute atomic E-state index is 0.116. The molecule has 0 spiro atoms. The second-order valence-corrected chi connectivity index (χ2v) is 9.57. The SMILES string of the molecule is C=CCn1c(SCC(=O)Nc2sc3c(c2C#N)CCC(C)C3)nnc1C1CC1. The van der Waals surface area contributed by atoms with Crippen LogP contribution in [0.1, 0.15) is 53.9 Å². The largest absolute Gasteiger partial charge is 0.316 e. The highest BCUT2D eigenvalue weighted by atomic mass is 32.2. The van der Waals surface area contributed by atoms with Crippen LogP contribution in [0.5, 0.6) is 0 Å². The van der Waals surface area contributed by atoms with Crippen LogP contribution in [0, 0.1) is 17.2 Å². The summed E-state index contributed by atoms with van der Waals surface area (Å²) in [7, 11) is 0. The van der Waals surface area contributed by atoms with E-state index in [0.29, 0.717) is 28.9 Å². The van der Waals surface area contributed by atoms with Crippen molar-refractivity contribution in [3.05, 3.63) is 34.5 Å². The number of amides is 1.